The summed E-state index contributed by atoms with van der Waals surface area (Å²) in [6.45, 7) is 5.55. The highest BCUT2D eigenvalue weighted by Gasteiger charge is 2.40. The average molecular weight is 427 g/mol. The number of fused-ring (bicyclic) bond motifs is 2. The lowest BCUT2D eigenvalue weighted by Crippen LogP contribution is -2.46. The Hall–Kier alpha value is -2.34. The fraction of sp³-hybridized carbons (Fsp3) is 0.458. The van der Waals surface area contributed by atoms with Crippen molar-refractivity contribution in [1.29, 1.82) is 0 Å². The molecule has 1 N–H and O–H groups in total. The summed E-state index contributed by atoms with van der Waals surface area (Å²) in [4.78, 5) is 13.2. The van der Waals surface area contributed by atoms with Gasteiger partial charge in [0, 0.05) is 6.04 Å². The lowest BCUT2D eigenvalue weighted by molar-refractivity contribution is -0.120. The zero-order valence-corrected chi connectivity index (χ0v) is 18.7. The summed E-state index contributed by atoms with van der Waals surface area (Å²) in [5, 5.41) is 3.13. The molecule has 3 atom stereocenters. The molecule has 6 heteroatoms. The van der Waals surface area contributed by atoms with Crippen LogP contribution in [0.4, 0.5) is 5.69 Å². The minimum Gasteiger partial charge on any atom is -0.352 e. The zero-order valence-electron chi connectivity index (χ0n) is 17.9. The second-order valence-corrected chi connectivity index (χ2v) is 10.8. The first-order valence-corrected chi connectivity index (χ1v) is 12.1. The fourth-order valence-corrected chi connectivity index (χ4v) is 6.43. The van der Waals surface area contributed by atoms with Gasteiger partial charge in [0.2, 0.25) is 5.91 Å². The molecule has 2 fully saturated rings. The van der Waals surface area contributed by atoms with Crippen LogP contribution in [-0.4, -0.2) is 26.9 Å². The first-order valence-electron chi connectivity index (χ1n) is 10.7. The van der Waals surface area contributed by atoms with Crippen LogP contribution in [0.3, 0.4) is 0 Å². The molecule has 2 aliphatic rings. The molecule has 0 heterocycles. The summed E-state index contributed by atoms with van der Waals surface area (Å²) < 4.78 is 28.4. The number of carbonyl (C=O) groups is 1. The van der Waals surface area contributed by atoms with Crippen molar-refractivity contribution in [3.8, 4) is 0 Å². The summed E-state index contributed by atoms with van der Waals surface area (Å²) in [6.07, 6.45) is 4.63. The molecule has 30 heavy (non-hydrogen) atoms. The highest BCUT2D eigenvalue weighted by atomic mass is 32.2. The van der Waals surface area contributed by atoms with Crippen LogP contribution in [0.15, 0.2) is 47.4 Å². The third-order valence-corrected chi connectivity index (χ3v) is 8.60. The molecule has 2 bridgehead atoms. The van der Waals surface area contributed by atoms with E-state index in [0.717, 1.165) is 29.5 Å². The van der Waals surface area contributed by atoms with Crippen LogP contribution in [-0.2, 0) is 14.8 Å². The molecular formula is C24H30N2O3S. The van der Waals surface area contributed by atoms with Gasteiger partial charge in [-0.05, 0) is 81.2 Å². The highest BCUT2D eigenvalue weighted by Crippen LogP contribution is 2.44. The van der Waals surface area contributed by atoms with Gasteiger partial charge in [0.1, 0.15) is 6.54 Å². The van der Waals surface area contributed by atoms with Gasteiger partial charge in [-0.2, -0.15) is 0 Å². The standard InChI is InChI=1S/C24H30N2O3S/c1-16-7-11-21(12-8-16)30(28,29)26(23-6-4-5-17(2)18(23)3)15-24(27)25-22-14-19-9-10-20(22)13-19/h4-8,11-12,19-20,22H,9-10,13-15H2,1-3H3,(H,25,27). The van der Waals surface area contributed by atoms with E-state index in [4.69, 9.17) is 0 Å². The van der Waals surface area contributed by atoms with E-state index in [9.17, 15) is 13.2 Å². The Balaban J connectivity index is 1.64. The first kappa shape index (κ1) is 20.9. The quantitative estimate of drug-likeness (QED) is 0.756. The molecule has 160 valence electrons. The number of nitrogens with one attached hydrogen (secondary N) is 1. The molecule has 1 amide bonds. The highest BCUT2D eigenvalue weighted by molar-refractivity contribution is 7.92. The molecule has 3 unspecified atom stereocenters. The van der Waals surface area contributed by atoms with Gasteiger partial charge >= 0.3 is 0 Å². The molecule has 0 aromatic heterocycles. The maximum atomic E-state index is 13.6. The smallest absolute Gasteiger partial charge is 0.264 e. The lowest BCUT2D eigenvalue weighted by Gasteiger charge is -2.28. The molecule has 2 aliphatic carbocycles. The van der Waals surface area contributed by atoms with Gasteiger partial charge in [-0.1, -0.05) is 36.2 Å². The second kappa shape index (κ2) is 8.06. The maximum absolute atomic E-state index is 13.6. The van der Waals surface area contributed by atoms with Crippen LogP contribution in [0.2, 0.25) is 0 Å². The van der Waals surface area contributed by atoms with Crippen LogP contribution in [0, 0.1) is 32.6 Å². The zero-order chi connectivity index (χ0) is 21.5. The Bertz CT molecular complexity index is 1050. The molecule has 2 aromatic carbocycles. The predicted octanol–water partition coefficient (Wildman–Crippen LogP) is 4.11. The van der Waals surface area contributed by atoms with Crippen LogP contribution in [0.5, 0.6) is 0 Å². The van der Waals surface area contributed by atoms with Crippen molar-refractivity contribution >= 4 is 21.6 Å². The van der Waals surface area contributed by atoms with Gasteiger partial charge in [0.15, 0.2) is 0 Å². The summed E-state index contributed by atoms with van der Waals surface area (Å²) >= 11 is 0. The van der Waals surface area contributed by atoms with Crippen molar-refractivity contribution in [2.24, 2.45) is 11.8 Å². The molecule has 2 aromatic rings. The number of nitrogens with zero attached hydrogens (tertiary/aromatic N) is 1. The number of benzene rings is 2. The number of aryl methyl sites for hydroxylation is 2. The Morgan fingerprint density at radius 2 is 1.77 bits per heavy atom. The average Bonchev–Trinajstić information content (AvgIpc) is 3.32. The third-order valence-electron chi connectivity index (χ3n) is 6.83. The van der Waals surface area contributed by atoms with Crippen LogP contribution in [0.1, 0.15) is 42.4 Å². The minimum absolute atomic E-state index is 0.179. The number of carbonyl (C=O) groups excluding carboxylic acids is 1. The van der Waals surface area contributed by atoms with E-state index in [-0.39, 0.29) is 23.4 Å². The van der Waals surface area contributed by atoms with Crippen LogP contribution in [0.25, 0.3) is 0 Å². The molecule has 0 spiro atoms. The number of hydrogen-bond donors (Lipinski definition) is 1. The van der Waals surface area contributed by atoms with Crippen molar-refractivity contribution in [3.63, 3.8) is 0 Å². The van der Waals surface area contributed by atoms with E-state index >= 15 is 0 Å². The van der Waals surface area contributed by atoms with Crippen LogP contribution < -0.4 is 9.62 Å². The molecular weight excluding hydrogens is 396 g/mol. The summed E-state index contributed by atoms with van der Waals surface area (Å²) in [7, 11) is -3.88. The number of hydrogen-bond acceptors (Lipinski definition) is 3. The number of rotatable bonds is 6. The topological polar surface area (TPSA) is 66.5 Å². The Morgan fingerprint density at radius 3 is 2.40 bits per heavy atom. The predicted molar refractivity (Wildman–Crippen MR) is 119 cm³/mol. The molecule has 0 radical (unpaired) electrons. The fourth-order valence-electron chi connectivity index (χ4n) is 4.95. The van der Waals surface area contributed by atoms with Gasteiger partial charge in [-0.15, -0.1) is 0 Å². The number of amides is 1. The van der Waals surface area contributed by atoms with Gasteiger partial charge in [-0.25, -0.2) is 8.42 Å². The largest absolute Gasteiger partial charge is 0.352 e. The molecule has 2 saturated carbocycles. The second-order valence-electron chi connectivity index (χ2n) is 8.89. The van der Waals surface area contributed by atoms with E-state index in [1.165, 1.54) is 17.1 Å². The van der Waals surface area contributed by atoms with Crippen molar-refractivity contribution in [2.45, 2.75) is 57.4 Å². The Kier molecular flexibility index (Phi) is 5.62. The van der Waals surface area contributed by atoms with Crippen molar-refractivity contribution in [1.82, 2.24) is 5.32 Å². The van der Waals surface area contributed by atoms with E-state index in [2.05, 4.69) is 5.32 Å². The molecule has 5 nitrogen and oxygen atoms in total. The molecule has 0 aliphatic heterocycles. The Labute approximate surface area is 179 Å². The molecule has 4 rings (SSSR count). The van der Waals surface area contributed by atoms with E-state index < -0.39 is 10.0 Å². The summed E-state index contributed by atoms with van der Waals surface area (Å²) in [5.41, 5.74) is 3.39. The third kappa shape index (κ3) is 3.97. The monoisotopic (exact) mass is 426 g/mol. The van der Waals surface area contributed by atoms with Gasteiger partial charge in [0.25, 0.3) is 10.0 Å². The summed E-state index contributed by atoms with van der Waals surface area (Å²) in [5.74, 6) is 1.03. The van der Waals surface area contributed by atoms with E-state index in [1.807, 2.05) is 32.9 Å². The Morgan fingerprint density at radius 1 is 1.03 bits per heavy atom. The van der Waals surface area contributed by atoms with Crippen molar-refractivity contribution in [2.75, 3.05) is 10.8 Å². The summed E-state index contributed by atoms with van der Waals surface area (Å²) in [6, 6.07) is 12.5. The normalized spacial score (nSPS) is 22.8. The lowest BCUT2D eigenvalue weighted by atomic mass is 9.95. The van der Waals surface area contributed by atoms with E-state index in [1.54, 1.807) is 30.3 Å². The SMILES string of the molecule is Cc1ccc(S(=O)(=O)N(CC(=O)NC2CC3CCC2C3)c2cccc(C)c2C)cc1. The van der Waals surface area contributed by atoms with Gasteiger partial charge < -0.3 is 5.32 Å². The minimum atomic E-state index is -3.88. The van der Waals surface area contributed by atoms with E-state index in [0.29, 0.717) is 17.5 Å². The first-order chi connectivity index (χ1) is 14.3. The van der Waals surface area contributed by atoms with Crippen molar-refractivity contribution < 1.29 is 13.2 Å². The maximum Gasteiger partial charge on any atom is 0.264 e. The van der Waals surface area contributed by atoms with Crippen molar-refractivity contribution in [3.05, 3.63) is 59.2 Å². The van der Waals surface area contributed by atoms with Crippen LogP contribution >= 0.6 is 0 Å². The van der Waals surface area contributed by atoms with Gasteiger partial charge in [0.05, 0.1) is 10.6 Å². The molecule has 0 saturated heterocycles. The number of sulfonamides is 1. The van der Waals surface area contributed by atoms with Gasteiger partial charge in [-0.3, -0.25) is 9.10 Å². The number of anilines is 1.